The average Bonchev–Trinajstić information content (AvgIpc) is 2.88. The topological polar surface area (TPSA) is 90.4 Å². The Morgan fingerprint density at radius 3 is 2.95 bits per heavy atom. The van der Waals surface area contributed by atoms with E-state index in [9.17, 15) is 4.79 Å². The number of anilines is 1. The van der Waals surface area contributed by atoms with Gasteiger partial charge in [-0.1, -0.05) is 29.5 Å². The van der Waals surface area contributed by atoms with E-state index in [0.717, 1.165) is 0 Å². The van der Waals surface area contributed by atoms with Crippen molar-refractivity contribution in [1.82, 2.24) is 5.16 Å². The molecule has 0 aliphatic carbocycles. The smallest absolute Gasteiger partial charge is 0.277 e. The van der Waals surface area contributed by atoms with Crippen molar-refractivity contribution in [2.75, 3.05) is 12.4 Å². The second-order valence-electron chi connectivity index (χ2n) is 3.98. The number of nitrogens with zero attached hydrogens (tertiary/aromatic N) is 1. The molecule has 104 valence electrons. The first-order valence-electron chi connectivity index (χ1n) is 5.76. The second-order valence-corrected chi connectivity index (χ2v) is 4.42. The molecule has 0 saturated carbocycles. The van der Waals surface area contributed by atoms with Crippen LogP contribution in [0.25, 0.3) is 0 Å². The van der Waals surface area contributed by atoms with Crippen LogP contribution in [0.2, 0.25) is 0 Å². The van der Waals surface area contributed by atoms with Gasteiger partial charge in [0.2, 0.25) is 0 Å². The Morgan fingerprint density at radius 1 is 1.50 bits per heavy atom. The zero-order valence-corrected chi connectivity index (χ0v) is 11.6. The molecule has 0 radical (unpaired) electrons. The zero-order valence-electron chi connectivity index (χ0n) is 10.8. The van der Waals surface area contributed by atoms with E-state index in [-0.39, 0.29) is 17.3 Å². The van der Waals surface area contributed by atoms with Crippen molar-refractivity contribution in [3.63, 3.8) is 0 Å². The van der Waals surface area contributed by atoms with Gasteiger partial charge < -0.3 is 20.3 Å². The summed E-state index contributed by atoms with van der Waals surface area (Å²) in [7, 11) is 1.53. The summed E-state index contributed by atoms with van der Waals surface area (Å²) in [5, 5.41) is 6.37. The first-order valence-corrected chi connectivity index (χ1v) is 6.17. The van der Waals surface area contributed by atoms with Crippen LogP contribution >= 0.6 is 12.2 Å². The van der Waals surface area contributed by atoms with Crippen molar-refractivity contribution in [2.24, 2.45) is 5.73 Å². The lowest BCUT2D eigenvalue weighted by Gasteiger charge is -2.08. The number of methoxy groups -OCH3 is 1. The lowest BCUT2D eigenvalue weighted by atomic mass is 10.1. The largest absolute Gasteiger partial charge is 0.389 e. The van der Waals surface area contributed by atoms with Crippen LogP contribution in [0.4, 0.5) is 5.69 Å². The highest BCUT2D eigenvalue weighted by Crippen LogP contribution is 2.16. The summed E-state index contributed by atoms with van der Waals surface area (Å²) in [5.74, 6) is 0.0695. The van der Waals surface area contributed by atoms with Gasteiger partial charge >= 0.3 is 0 Å². The van der Waals surface area contributed by atoms with Crippen LogP contribution in [-0.2, 0) is 11.3 Å². The van der Waals surface area contributed by atoms with E-state index in [1.54, 1.807) is 24.3 Å². The fourth-order valence-corrected chi connectivity index (χ4v) is 1.80. The third kappa shape index (κ3) is 3.19. The van der Waals surface area contributed by atoms with Crippen LogP contribution in [0.15, 0.2) is 34.9 Å². The number of nitrogens with one attached hydrogen (secondary N) is 1. The Hall–Kier alpha value is -2.25. The molecule has 0 unspecified atom stereocenters. The van der Waals surface area contributed by atoms with Crippen molar-refractivity contribution in [3.8, 4) is 0 Å². The number of nitrogens with two attached hydrogens (primary N) is 1. The standard InChI is InChI=1S/C13H13N3O3S/c1-18-7-8-6-11(16-19-8)13(17)15-10-5-3-2-4-9(10)12(14)20/h2-6H,7H2,1H3,(H2,14,20)(H,15,17). The Kier molecular flexibility index (Phi) is 4.44. The van der Waals surface area contributed by atoms with Crippen LogP contribution in [-0.4, -0.2) is 23.2 Å². The summed E-state index contributed by atoms with van der Waals surface area (Å²) in [6.45, 7) is 0.254. The van der Waals surface area contributed by atoms with Crippen molar-refractivity contribution in [1.29, 1.82) is 0 Å². The number of hydrogen-bond acceptors (Lipinski definition) is 5. The van der Waals surface area contributed by atoms with Crippen LogP contribution in [0.1, 0.15) is 21.8 Å². The highest BCUT2D eigenvalue weighted by Gasteiger charge is 2.14. The van der Waals surface area contributed by atoms with E-state index >= 15 is 0 Å². The number of carbonyl (C=O) groups excluding carboxylic acids is 1. The molecule has 20 heavy (non-hydrogen) atoms. The highest BCUT2D eigenvalue weighted by atomic mass is 32.1. The van der Waals surface area contributed by atoms with Crippen molar-refractivity contribution in [3.05, 3.63) is 47.3 Å². The molecular formula is C13H13N3O3S. The van der Waals surface area contributed by atoms with Gasteiger partial charge in [0.05, 0.1) is 5.69 Å². The molecule has 0 bridgehead atoms. The molecule has 1 heterocycles. The molecule has 1 aromatic carbocycles. The van der Waals surface area contributed by atoms with Gasteiger partial charge in [0, 0.05) is 18.7 Å². The number of amides is 1. The number of rotatable bonds is 5. The maximum atomic E-state index is 12.0. The van der Waals surface area contributed by atoms with E-state index in [2.05, 4.69) is 10.5 Å². The van der Waals surface area contributed by atoms with Gasteiger partial charge in [-0.3, -0.25) is 4.79 Å². The van der Waals surface area contributed by atoms with Crippen molar-refractivity contribution >= 4 is 28.8 Å². The molecular weight excluding hydrogens is 278 g/mol. The molecule has 0 aliphatic heterocycles. The summed E-state index contributed by atoms with van der Waals surface area (Å²) in [6, 6.07) is 8.52. The van der Waals surface area contributed by atoms with Gasteiger partial charge in [-0.05, 0) is 12.1 Å². The van der Waals surface area contributed by atoms with Gasteiger partial charge in [-0.25, -0.2) is 0 Å². The third-order valence-electron chi connectivity index (χ3n) is 2.52. The number of para-hydroxylation sites is 1. The quantitative estimate of drug-likeness (QED) is 0.815. The van der Waals surface area contributed by atoms with Gasteiger partial charge in [0.25, 0.3) is 5.91 Å². The summed E-state index contributed by atoms with van der Waals surface area (Å²) in [4.78, 5) is 12.3. The second kappa shape index (κ2) is 6.27. The SMILES string of the molecule is COCc1cc(C(=O)Nc2ccccc2C(N)=S)no1. The number of thiocarbonyl (C=S) groups is 1. The number of hydrogen-bond donors (Lipinski definition) is 2. The molecule has 2 aromatic rings. The summed E-state index contributed by atoms with van der Waals surface area (Å²) in [6.07, 6.45) is 0. The predicted molar refractivity (Wildman–Crippen MR) is 77.5 cm³/mol. The number of benzene rings is 1. The molecule has 6 nitrogen and oxygen atoms in total. The maximum absolute atomic E-state index is 12.0. The molecule has 1 aromatic heterocycles. The molecule has 0 fully saturated rings. The number of ether oxygens (including phenoxy) is 1. The van der Waals surface area contributed by atoms with Crippen LogP contribution in [0.3, 0.4) is 0 Å². The highest BCUT2D eigenvalue weighted by molar-refractivity contribution is 7.80. The van der Waals surface area contributed by atoms with Gasteiger partial charge in [-0.15, -0.1) is 0 Å². The summed E-state index contributed by atoms with van der Waals surface area (Å²) in [5.41, 5.74) is 6.89. The minimum absolute atomic E-state index is 0.162. The molecule has 0 atom stereocenters. The Morgan fingerprint density at radius 2 is 2.25 bits per heavy atom. The predicted octanol–water partition coefficient (Wildman–Crippen LogP) is 1.71. The Bertz CT molecular complexity index is 639. The van der Waals surface area contributed by atoms with Gasteiger partial charge in [-0.2, -0.15) is 0 Å². The summed E-state index contributed by atoms with van der Waals surface area (Å²) >= 11 is 4.93. The third-order valence-corrected chi connectivity index (χ3v) is 2.74. The van der Waals surface area contributed by atoms with Crippen LogP contribution in [0.5, 0.6) is 0 Å². The Labute approximate surface area is 120 Å². The monoisotopic (exact) mass is 291 g/mol. The van der Waals surface area contributed by atoms with E-state index in [1.165, 1.54) is 13.2 Å². The van der Waals surface area contributed by atoms with Gasteiger partial charge in [0.1, 0.15) is 11.6 Å². The normalized spacial score (nSPS) is 10.2. The molecule has 0 aliphatic rings. The minimum atomic E-state index is -0.403. The fraction of sp³-hybridized carbons (Fsp3) is 0.154. The minimum Gasteiger partial charge on any atom is -0.389 e. The van der Waals surface area contributed by atoms with E-state index in [4.69, 9.17) is 27.2 Å². The van der Waals surface area contributed by atoms with E-state index in [0.29, 0.717) is 17.0 Å². The summed E-state index contributed by atoms with van der Waals surface area (Å²) < 4.78 is 9.85. The number of carbonyl (C=O) groups is 1. The average molecular weight is 291 g/mol. The molecule has 0 saturated heterocycles. The molecule has 7 heteroatoms. The lowest BCUT2D eigenvalue weighted by Crippen LogP contribution is -2.17. The zero-order chi connectivity index (χ0) is 14.5. The lowest BCUT2D eigenvalue weighted by molar-refractivity contribution is 0.101. The van der Waals surface area contributed by atoms with Crippen LogP contribution < -0.4 is 11.1 Å². The van der Waals surface area contributed by atoms with Crippen molar-refractivity contribution in [2.45, 2.75) is 6.61 Å². The van der Waals surface area contributed by atoms with Gasteiger partial charge in [0.15, 0.2) is 11.5 Å². The van der Waals surface area contributed by atoms with E-state index < -0.39 is 5.91 Å². The van der Waals surface area contributed by atoms with Crippen molar-refractivity contribution < 1.29 is 14.1 Å². The Balaban J connectivity index is 2.17. The van der Waals surface area contributed by atoms with E-state index in [1.807, 2.05) is 0 Å². The maximum Gasteiger partial charge on any atom is 0.277 e. The fourth-order valence-electron chi connectivity index (χ4n) is 1.62. The molecule has 2 rings (SSSR count). The molecule has 3 N–H and O–H groups in total. The first-order chi connectivity index (χ1) is 9.61. The number of aromatic nitrogens is 1. The molecule has 1 amide bonds. The first kappa shape index (κ1) is 14.2. The van der Waals surface area contributed by atoms with Crippen LogP contribution in [0, 0.1) is 0 Å². The molecule has 0 spiro atoms.